The van der Waals surface area contributed by atoms with E-state index in [0.717, 1.165) is 18.6 Å². The maximum absolute atomic E-state index is 6.19. The van der Waals surface area contributed by atoms with E-state index in [2.05, 4.69) is 54.8 Å². The molecule has 25 heavy (non-hydrogen) atoms. The van der Waals surface area contributed by atoms with Crippen LogP contribution in [0.4, 0.5) is 0 Å². The van der Waals surface area contributed by atoms with Gasteiger partial charge in [-0.3, -0.25) is 4.90 Å². The Balaban J connectivity index is 1.86. The molecule has 1 aliphatic heterocycles. The molecule has 0 N–H and O–H groups in total. The molecular formula is C23H27NO. The summed E-state index contributed by atoms with van der Waals surface area (Å²) in [6.07, 6.45) is 5.32. The standard InChI is InChI=1S/C23H27NO/c1-4-13-24-14-12-17-8-6-10-19-22(17)20(24)15-18-9-7-11-21(23(18)19)25-16(3)5-2/h5-11,16,20H,2,4,12-15H2,1,3H3/t16?,20-/m1/s1. The summed E-state index contributed by atoms with van der Waals surface area (Å²) in [5.74, 6) is 0.990. The van der Waals surface area contributed by atoms with Crippen molar-refractivity contribution < 1.29 is 4.74 Å². The van der Waals surface area contributed by atoms with Gasteiger partial charge in [-0.15, -0.1) is 0 Å². The Morgan fingerprint density at radius 2 is 2.04 bits per heavy atom. The number of benzene rings is 2. The molecule has 2 heteroatoms. The van der Waals surface area contributed by atoms with Gasteiger partial charge in [0.1, 0.15) is 11.9 Å². The number of ether oxygens (including phenoxy) is 1. The third-order valence-corrected chi connectivity index (χ3v) is 5.59. The van der Waals surface area contributed by atoms with E-state index in [1.165, 1.54) is 47.3 Å². The summed E-state index contributed by atoms with van der Waals surface area (Å²) in [4.78, 5) is 2.68. The quantitative estimate of drug-likeness (QED) is 0.700. The van der Waals surface area contributed by atoms with E-state index < -0.39 is 0 Å². The van der Waals surface area contributed by atoms with Crippen LogP contribution in [0.5, 0.6) is 5.75 Å². The van der Waals surface area contributed by atoms with Crippen LogP contribution in [0.15, 0.2) is 49.1 Å². The molecule has 1 unspecified atom stereocenters. The molecule has 2 atom stereocenters. The Morgan fingerprint density at radius 3 is 2.84 bits per heavy atom. The van der Waals surface area contributed by atoms with E-state index in [4.69, 9.17) is 4.74 Å². The third-order valence-electron chi connectivity index (χ3n) is 5.59. The number of fused-ring (bicyclic) bond motifs is 2. The van der Waals surface area contributed by atoms with Crippen LogP contribution in [-0.4, -0.2) is 24.1 Å². The fourth-order valence-corrected chi connectivity index (χ4v) is 4.44. The van der Waals surface area contributed by atoms with Crippen molar-refractivity contribution in [3.63, 3.8) is 0 Å². The van der Waals surface area contributed by atoms with Crippen molar-refractivity contribution in [1.82, 2.24) is 4.90 Å². The van der Waals surface area contributed by atoms with Crippen molar-refractivity contribution in [2.75, 3.05) is 13.1 Å². The van der Waals surface area contributed by atoms with Gasteiger partial charge in [-0.25, -0.2) is 0 Å². The van der Waals surface area contributed by atoms with E-state index in [1.807, 2.05) is 13.0 Å². The number of hydrogen-bond donors (Lipinski definition) is 0. The summed E-state index contributed by atoms with van der Waals surface area (Å²) >= 11 is 0. The molecule has 0 amide bonds. The molecule has 0 aromatic heterocycles. The van der Waals surface area contributed by atoms with E-state index >= 15 is 0 Å². The maximum atomic E-state index is 6.19. The molecule has 130 valence electrons. The van der Waals surface area contributed by atoms with Crippen LogP contribution in [0, 0.1) is 0 Å². The highest BCUT2D eigenvalue weighted by atomic mass is 16.5. The summed E-state index contributed by atoms with van der Waals surface area (Å²) in [6, 6.07) is 13.8. The van der Waals surface area contributed by atoms with Crippen molar-refractivity contribution in [2.24, 2.45) is 0 Å². The average Bonchev–Trinajstić information content (AvgIpc) is 2.64. The van der Waals surface area contributed by atoms with Crippen LogP contribution in [-0.2, 0) is 12.8 Å². The van der Waals surface area contributed by atoms with Crippen LogP contribution >= 0.6 is 0 Å². The molecule has 1 heterocycles. The van der Waals surface area contributed by atoms with Gasteiger partial charge >= 0.3 is 0 Å². The van der Waals surface area contributed by atoms with Crippen molar-refractivity contribution in [3.8, 4) is 16.9 Å². The second-order valence-electron chi connectivity index (χ2n) is 7.23. The zero-order valence-electron chi connectivity index (χ0n) is 15.3. The molecule has 2 nitrogen and oxygen atoms in total. The molecule has 0 saturated heterocycles. The number of hydrogen-bond acceptors (Lipinski definition) is 2. The van der Waals surface area contributed by atoms with Crippen LogP contribution in [0.2, 0.25) is 0 Å². The lowest BCUT2D eigenvalue weighted by Gasteiger charge is -2.42. The Morgan fingerprint density at radius 1 is 1.24 bits per heavy atom. The average molecular weight is 333 g/mol. The highest BCUT2D eigenvalue weighted by Gasteiger charge is 2.34. The van der Waals surface area contributed by atoms with Crippen LogP contribution in [0.25, 0.3) is 11.1 Å². The normalized spacial score (nSPS) is 19.7. The molecule has 2 aliphatic rings. The fraction of sp³-hybridized carbons (Fsp3) is 0.391. The number of nitrogens with zero attached hydrogens (tertiary/aromatic N) is 1. The second kappa shape index (κ2) is 6.68. The summed E-state index contributed by atoms with van der Waals surface area (Å²) in [7, 11) is 0. The van der Waals surface area contributed by atoms with Crippen LogP contribution in [0.1, 0.15) is 43.0 Å². The zero-order chi connectivity index (χ0) is 17.4. The molecule has 2 aromatic rings. The van der Waals surface area contributed by atoms with E-state index in [9.17, 15) is 0 Å². The Kier molecular flexibility index (Phi) is 4.39. The summed E-state index contributed by atoms with van der Waals surface area (Å²) in [5.41, 5.74) is 7.13. The lowest BCUT2D eigenvalue weighted by Crippen LogP contribution is -2.38. The molecule has 0 bridgehead atoms. The Bertz CT molecular complexity index is 795. The van der Waals surface area contributed by atoms with E-state index in [1.54, 1.807) is 0 Å². The van der Waals surface area contributed by atoms with Crippen molar-refractivity contribution >= 4 is 0 Å². The first kappa shape index (κ1) is 16.4. The lowest BCUT2D eigenvalue weighted by molar-refractivity contribution is 0.182. The van der Waals surface area contributed by atoms with Gasteiger partial charge in [0, 0.05) is 18.2 Å². The Hall–Kier alpha value is -2.06. The second-order valence-corrected chi connectivity index (χ2v) is 7.23. The largest absolute Gasteiger partial charge is 0.486 e. The van der Waals surface area contributed by atoms with Crippen molar-refractivity contribution in [1.29, 1.82) is 0 Å². The summed E-state index contributed by atoms with van der Waals surface area (Å²) in [6.45, 7) is 10.5. The minimum atomic E-state index is 0.0142. The molecule has 0 spiro atoms. The lowest BCUT2D eigenvalue weighted by atomic mass is 9.77. The van der Waals surface area contributed by atoms with Gasteiger partial charge in [0.05, 0.1) is 0 Å². The van der Waals surface area contributed by atoms with E-state index in [0.29, 0.717) is 6.04 Å². The number of rotatable bonds is 5. The van der Waals surface area contributed by atoms with E-state index in [-0.39, 0.29) is 6.10 Å². The molecule has 1 aliphatic carbocycles. The summed E-state index contributed by atoms with van der Waals surface area (Å²) < 4.78 is 6.19. The first-order valence-electron chi connectivity index (χ1n) is 9.50. The highest BCUT2D eigenvalue weighted by Crippen LogP contribution is 2.48. The van der Waals surface area contributed by atoms with Gasteiger partial charge in [0.15, 0.2) is 0 Å². The molecule has 2 aromatic carbocycles. The predicted molar refractivity (Wildman–Crippen MR) is 104 cm³/mol. The molecule has 0 saturated carbocycles. The van der Waals surface area contributed by atoms with Crippen molar-refractivity contribution in [2.45, 2.75) is 45.3 Å². The minimum absolute atomic E-state index is 0.0142. The zero-order valence-corrected chi connectivity index (χ0v) is 15.3. The molecule has 0 radical (unpaired) electrons. The minimum Gasteiger partial charge on any atom is -0.486 e. The smallest absolute Gasteiger partial charge is 0.128 e. The molecule has 0 fully saturated rings. The molecular weight excluding hydrogens is 306 g/mol. The monoisotopic (exact) mass is 333 g/mol. The SMILES string of the molecule is C=CC(C)Oc1cccc2c1-c1cccc3c1[C@@H](C2)N(CCC)CC3. The predicted octanol–water partition coefficient (Wildman–Crippen LogP) is 5.17. The first-order chi connectivity index (χ1) is 12.2. The van der Waals surface area contributed by atoms with Gasteiger partial charge in [-0.05, 0) is 61.1 Å². The fourth-order valence-electron chi connectivity index (χ4n) is 4.44. The third kappa shape index (κ3) is 2.79. The van der Waals surface area contributed by atoms with Crippen LogP contribution < -0.4 is 4.74 Å². The van der Waals surface area contributed by atoms with Crippen LogP contribution in [0.3, 0.4) is 0 Å². The molecule has 4 rings (SSSR count). The highest BCUT2D eigenvalue weighted by molar-refractivity contribution is 5.80. The summed E-state index contributed by atoms with van der Waals surface area (Å²) in [5, 5.41) is 0. The van der Waals surface area contributed by atoms with Crippen molar-refractivity contribution in [3.05, 3.63) is 65.7 Å². The van der Waals surface area contributed by atoms with Gasteiger partial charge < -0.3 is 4.74 Å². The first-order valence-corrected chi connectivity index (χ1v) is 9.50. The van der Waals surface area contributed by atoms with Gasteiger partial charge in [0.25, 0.3) is 0 Å². The van der Waals surface area contributed by atoms with Gasteiger partial charge in [-0.1, -0.05) is 49.9 Å². The Labute approximate surface area is 151 Å². The van der Waals surface area contributed by atoms with Gasteiger partial charge in [0.2, 0.25) is 0 Å². The maximum Gasteiger partial charge on any atom is 0.128 e. The van der Waals surface area contributed by atoms with Gasteiger partial charge in [-0.2, -0.15) is 0 Å². The topological polar surface area (TPSA) is 12.5 Å².